The van der Waals surface area contributed by atoms with Crippen molar-refractivity contribution in [1.82, 2.24) is 9.13 Å². The van der Waals surface area contributed by atoms with E-state index in [2.05, 4.69) is 0 Å². The molecule has 2 N–H and O–H groups in total. The van der Waals surface area contributed by atoms with Crippen molar-refractivity contribution in [3.05, 3.63) is 44.2 Å². The smallest absolute Gasteiger partial charge is 0.339 e. The molecule has 2 rings (SSSR count). The van der Waals surface area contributed by atoms with Crippen LogP contribution in [0.25, 0.3) is 5.69 Å². The third-order valence-electron chi connectivity index (χ3n) is 2.98. The minimum atomic E-state index is -3.30. The molecule has 6 nitrogen and oxygen atoms in total. The SMILES string of the molecule is COc1cc(-n2c(=C=N)c(=C=N)n(C(F)F)c2=O)c(F)cc1Cl. The molecule has 1 heterocycles. The number of benzene rings is 1. The van der Waals surface area contributed by atoms with E-state index in [9.17, 15) is 18.0 Å². The first-order valence-corrected chi connectivity index (χ1v) is 6.29. The molecule has 0 fully saturated rings. The van der Waals surface area contributed by atoms with E-state index in [0.717, 1.165) is 12.1 Å². The zero-order valence-electron chi connectivity index (χ0n) is 11.5. The van der Waals surface area contributed by atoms with E-state index in [1.54, 1.807) is 11.7 Å². The van der Waals surface area contributed by atoms with Crippen LogP contribution in [-0.2, 0) is 0 Å². The second-order valence-electron chi connectivity index (χ2n) is 4.15. The quantitative estimate of drug-likeness (QED) is 0.802. The number of methoxy groups -OCH3 is 1. The van der Waals surface area contributed by atoms with Gasteiger partial charge < -0.3 is 4.74 Å². The van der Waals surface area contributed by atoms with Crippen LogP contribution in [0.15, 0.2) is 16.9 Å². The molecule has 0 aliphatic rings. The number of ether oxygens (including phenoxy) is 1. The summed E-state index contributed by atoms with van der Waals surface area (Å²) in [5.74, 6) is 2.38. The highest BCUT2D eigenvalue weighted by molar-refractivity contribution is 6.32. The van der Waals surface area contributed by atoms with Gasteiger partial charge >= 0.3 is 12.2 Å². The Morgan fingerprint density at radius 3 is 2.35 bits per heavy atom. The number of hydrogen-bond acceptors (Lipinski definition) is 4. The van der Waals surface area contributed by atoms with Gasteiger partial charge in [-0.3, -0.25) is 10.8 Å². The summed E-state index contributed by atoms with van der Waals surface area (Å²) in [5.41, 5.74) is -1.82. The molecule has 0 aliphatic carbocycles. The number of hydrogen-bond donors (Lipinski definition) is 2. The number of rotatable bonds is 3. The number of nitrogens with zero attached hydrogens (tertiary/aromatic N) is 2. The van der Waals surface area contributed by atoms with E-state index < -0.39 is 34.4 Å². The summed E-state index contributed by atoms with van der Waals surface area (Å²) < 4.78 is 45.5. The largest absolute Gasteiger partial charge is 0.495 e. The molecule has 0 saturated heterocycles. The second kappa shape index (κ2) is 6.18. The molecular formula is C13H8ClF3N4O2. The summed E-state index contributed by atoms with van der Waals surface area (Å²) in [4.78, 5) is 12.2. The Bertz CT molecular complexity index is 1000. The molecule has 120 valence electrons. The maximum absolute atomic E-state index is 14.1. The second-order valence-corrected chi connectivity index (χ2v) is 4.56. The lowest BCUT2D eigenvalue weighted by Crippen LogP contribution is -2.35. The van der Waals surface area contributed by atoms with Gasteiger partial charge in [-0.05, 0) is 6.07 Å². The van der Waals surface area contributed by atoms with E-state index in [4.69, 9.17) is 27.2 Å². The molecule has 0 spiro atoms. The predicted molar refractivity (Wildman–Crippen MR) is 75.7 cm³/mol. The van der Waals surface area contributed by atoms with Gasteiger partial charge in [-0.1, -0.05) is 11.6 Å². The maximum Gasteiger partial charge on any atom is 0.339 e. The Morgan fingerprint density at radius 2 is 1.87 bits per heavy atom. The molecule has 0 aliphatic heterocycles. The van der Waals surface area contributed by atoms with Gasteiger partial charge in [0.1, 0.15) is 22.3 Å². The summed E-state index contributed by atoms with van der Waals surface area (Å²) in [6.07, 6.45) is 0. The lowest BCUT2D eigenvalue weighted by Gasteiger charge is -2.08. The number of imidazole rings is 1. The molecule has 2 aromatic rings. The van der Waals surface area contributed by atoms with Gasteiger partial charge in [0.05, 0.1) is 17.8 Å². The van der Waals surface area contributed by atoms with Gasteiger partial charge in [-0.25, -0.2) is 18.3 Å². The molecule has 23 heavy (non-hydrogen) atoms. The molecule has 1 aromatic heterocycles. The fourth-order valence-electron chi connectivity index (χ4n) is 2.00. The molecule has 10 heteroatoms. The minimum Gasteiger partial charge on any atom is -0.495 e. The van der Waals surface area contributed by atoms with Crippen molar-refractivity contribution in [3.8, 4) is 11.4 Å². The first-order chi connectivity index (χ1) is 10.9. The zero-order chi connectivity index (χ0) is 17.3. The highest BCUT2D eigenvalue weighted by Gasteiger charge is 2.21. The standard InChI is InChI=1S/C13H8ClF3N4O2/c1-23-11-3-8(7(15)2-6(11)14)20-9(4-18)10(5-19)21(12(16)17)13(20)22/h2-3,12,18-19H,1H3. The van der Waals surface area contributed by atoms with E-state index >= 15 is 0 Å². The fourth-order valence-corrected chi connectivity index (χ4v) is 2.23. The minimum absolute atomic E-state index is 0.00363. The van der Waals surface area contributed by atoms with Crippen LogP contribution in [0, 0.1) is 16.6 Å². The van der Waals surface area contributed by atoms with Crippen LogP contribution in [-0.4, -0.2) is 28.0 Å². The molecule has 0 radical (unpaired) electrons. The summed E-state index contributed by atoms with van der Waals surface area (Å²) >= 11 is 5.74. The lowest BCUT2D eigenvalue weighted by atomic mass is 10.2. The lowest BCUT2D eigenvalue weighted by molar-refractivity contribution is 0.0636. The van der Waals surface area contributed by atoms with Crippen molar-refractivity contribution in [2.24, 2.45) is 0 Å². The van der Waals surface area contributed by atoms with E-state index in [-0.39, 0.29) is 15.3 Å². The Hall–Kier alpha value is -2.73. The average Bonchev–Trinajstić information content (AvgIpc) is 2.79. The van der Waals surface area contributed by atoms with Crippen molar-refractivity contribution in [3.63, 3.8) is 0 Å². The predicted octanol–water partition coefficient (Wildman–Crippen LogP) is 0.675. The molecule has 0 unspecified atom stereocenters. The normalized spacial score (nSPS) is 10.5. The van der Waals surface area contributed by atoms with Gasteiger partial charge in [-0.15, -0.1) is 0 Å². The topological polar surface area (TPSA) is 83.9 Å². The molecule has 1 aromatic carbocycles. The van der Waals surface area contributed by atoms with Crippen LogP contribution in [0.3, 0.4) is 0 Å². The number of aromatic nitrogens is 2. The Labute approximate surface area is 131 Å². The zero-order valence-corrected chi connectivity index (χ0v) is 12.2. The number of halogens is 4. The number of alkyl halides is 2. The van der Waals surface area contributed by atoms with Gasteiger partial charge in [0.25, 0.3) is 0 Å². The molecule has 0 atom stereocenters. The average molecular weight is 345 g/mol. The molecular weight excluding hydrogens is 337 g/mol. The summed E-state index contributed by atoms with van der Waals surface area (Å²) in [6, 6.07) is 1.85. The van der Waals surface area contributed by atoms with Crippen LogP contribution in [0.5, 0.6) is 5.75 Å². The Balaban J connectivity index is 3.06. The maximum atomic E-state index is 14.1. The highest BCUT2D eigenvalue weighted by atomic mass is 35.5. The van der Waals surface area contributed by atoms with Gasteiger partial charge in [0.2, 0.25) is 0 Å². The van der Waals surface area contributed by atoms with Crippen molar-refractivity contribution < 1.29 is 17.9 Å². The third kappa shape index (κ3) is 2.57. The van der Waals surface area contributed by atoms with E-state index in [1.807, 2.05) is 0 Å². The van der Waals surface area contributed by atoms with Gasteiger partial charge in [-0.2, -0.15) is 8.78 Å². The monoisotopic (exact) mass is 344 g/mol. The third-order valence-corrected chi connectivity index (χ3v) is 3.28. The van der Waals surface area contributed by atoms with E-state index in [1.165, 1.54) is 7.11 Å². The highest BCUT2D eigenvalue weighted by Crippen LogP contribution is 2.28. The molecule has 0 bridgehead atoms. The van der Waals surface area contributed by atoms with Gasteiger partial charge in [0, 0.05) is 17.8 Å². The van der Waals surface area contributed by atoms with Gasteiger partial charge in [0.15, 0.2) is 0 Å². The Morgan fingerprint density at radius 1 is 1.26 bits per heavy atom. The molecule has 0 saturated carbocycles. The van der Waals surface area contributed by atoms with Crippen molar-refractivity contribution >= 4 is 23.3 Å². The first-order valence-electron chi connectivity index (χ1n) is 5.91. The summed E-state index contributed by atoms with van der Waals surface area (Å²) in [7, 11) is 1.25. The molecule has 0 amide bonds. The van der Waals surface area contributed by atoms with Crippen LogP contribution >= 0.6 is 11.6 Å². The van der Waals surface area contributed by atoms with Crippen molar-refractivity contribution in [1.29, 1.82) is 10.8 Å². The van der Waals surface area contributed by atoms with Crippen molar-refractivity contribution in [2.75, 3.05) is 7.11 Å². The van der Waals surface area contributed by atoms with Crippen LogP contribution in [0.1, 0.15) is 6.55 Å². The van der Waals surface area contributed by atoms with Crippen LogP contribution in [0.4, 0.5) is 13.2 Å². The van der Waals surface area contributed by atoms with Crippen LogP contribution < -0.4 is 21.1 Å². The van der Waals surface area contributed by atoms with Crippen molar-refractivity contribution in [2.45, 2.75) is 6.55 Å². The summed E-state index contributed by atoms with van der Waals surface area (Å²) in [5, 5.41) is 12.9. The summed E-state index contributed by atoms with van der Waals surface area (Å²) in [6.45, 7) is -3.30. The first kappa shape index (κ1) is 16.6. The van der Waals surface area contributed by atoms with E-state index in [0.29, 0.717) is 4.57 Å². The van der Waals surface area contributed by atoms with Crippen LogP contribution in [0.2, 0.25) is 5.02 Å². The number of nitrogens with one attached hydrogen (secondary N) is 2. The Kier molecular flexibility index (Phi) is 4.47. The fraction of sp³-hybridized carbons (Fsp3) is 0.154.